The summed E-state index contributed by atoms with van der Waals surface area (Å²) in [5.41, 5.74) is 6.47. The van der Waals surface area contributed by atoms with Crippen LogP contribution >= 0.6 is 0 Å². The first-order chi connectivity index (χ1) is 14.9. The molecule has 0 radical (unpaired) electrons. The van der Waals surface area contributed by atoms with E-state index in [1.165, 1.54) is 24.5 Å². The van der Waals surface area contributed by atoms with Gasteiger partial charge in [0.15, 0.2) is 11.6 Å². The summed E-state index contributed by atoms with van der Waals surface area (Å²) in [6, 6.07) is 19.0. The van der Waals surface area contributed by atoms with Gasteiger partial charge < -0.3 is 16.0 Å². The molecule has 0 saturated heterocycles. The fraction of sp³-hybridized carbons (Fsp3) is 0.130. The first-order valence-corrected chi connectivity index (χ1v) is 9.69. The molecule has 0 fully saturated rings. The average Bonchev–Trinajstić information content (AvgIpc) is 2.76. The molecule has 0 aliphatic heterocycles. The minimum Gasteiger partial charge on any atom is -0.393 e. The summed E-state index contributed by atoms with van der Waals surface area (Å²) < 4.78 is 40.1. The SMILES string of the molecule is CCN(c1ncnc(Nc2ccccc2C(F)(F)F)c1N)c1cccc2ccccc12. The third-order valence-corrected chi connectivity index (χ3v) is 4.98. The van der Waals surface area contributed by atoms with Gasteiger partial charge >= 0.3 is 6.18 Å². The highest BCUT2D eigenvalue weighted by Crippen LogP contribution is 2.39. The summed E-state index contributed by atoms with van der Waals surface area (Å²) in [5.74, 6) is 0.529. The Morgan fingerprint density at radius 3 is 2.42 bits per heavy atom. The van der Waals surface area contributed by atoms with Gasteiger partial charge in [-0.15, -0.1) is 0 Å². The third-order valence-electron chi connectivity index (χ3n) is 4.98. The second kappa shape index (κ2) is 8.14. The van der Waals surface area contributed by atoms with Gasteiger partial charge in [0.2, 0.25) is 0 Å². The van der Waals surface area contributed by atoms with Crippen LogP contribution in [0.25, 0.3) is 10.8 Å². The highest BCUT2D eigenvalue weighted by molar-refractivity contribution is 5.97. The van der Waals surface area contributed by atoms with Crippen LogP contribution in [0.15, 0.2) is 73.1 Å². The topological polar surface area (TPSA) is 67.1 Å². The number of nitrogens with two attached hydrogens (primary N) is 1. The molecular weight excluding hydrogens is 403 g/mol. The van der Waals surface area contributed by atoms with E-state index in [-0.39, 0.29) is 17.2 Å². The molecule has 0 amide bonds. The van der Waals surface area contributed by atoms with Gasteiger partial charge in [0.05, 0.1) is 16.9 Å². The largest absolute Gasteiger partial charge is 0.418 e. The quantitative estimate of drug-likeness (QED) is 0.404. The van der Waals surface area contributed by atoms with Crippen LogP contribution in [0, 0.1) is 0 Å². The predicted molar refractivity (Wildman–Crippen MR) is 118 cm³/mol. The van der Waals surface area contributed by atoms with E-state index in [0.717, 1.165) is 22.5 Å². The Bertz CT molecular complexity index is 1220. The Morgan fingerprint density at radius 2 is 1.65 bits per heavy atom. The Kier molecular flexibility index (Phi) is 5.37. The standard InChI is InChI=1S/C23H20F3N5/c1-2-31(19-13-7-9-15-8-3-4-10-16(15)19)22-20(27)21(28-14-29-22)30-18-12-6-5-11-17(18)23(24,25)26/h3-14H,2,27H2,1H3,(H,28,29,30). The van der Waals surface area contributed by atoms with E-state index in [9.17, 15) is 13.2 Å². The maximum Gasteiger partial charge on any atom is 0.418 e. The van der Waals surface area contributed by atoms with Crippen molar-refractivity contribution in [1.29, 1.82) is 0 Å². The number of halogens is 3. The molecule has 4 rings (SSSR count). The van der Waals surface area contributed by atoms with Crippen LogP contribution in [0.5, 0.6) is 0 Å². The fourth-order valence-electron chi connectivity index (χ4n) is 3.55. The van der Waals surface area contributed by atoms with Crippen LogP contribution in [-0.4, -0.2) is 16.5 Å². The molecule has 0 unspecified atom stereocenters. The zero-order valence-corrected chi connectivity index (χ0v) is 16.7. The summed E-state index contributed by atoms with van der Waals surface area (Å²) in [5, 5.41) is 4.81. The number of aromatic nitrogens is 2. The first-order valence-electron chi connectivity index (χ1n) is 9.69. The summed E-state index contributed by atoms with van der Waals surface area (Å²) in [7, 11) is 0. The van der Waals surface area contributed by atoms with E-state index in [2.05, 4.69) is 15.3 Å². The number of hydrogen-bond acceptors (Lipinski definition) is 5. The summed E-state index contributed by atoms with van der Waals surface area (Å²) in [6.07, 6.45) is -3.22. The smallest absolute Gasteiger partial charge is 0.393 e. The maximum absolute atomic E-state index is 13.4. The van der Waals surface area contributed by atoms with E-state index >= 15 is 0 Å². The molecule has 0 spiro atoms. The van der Waals surface area contributed by atoms with Gasteiger partial charge in [-0.3, -0.25) is 0 Å². The Morgan fingerprint density at radius 1 is 0.935 bits per heavy atom. The van der Waals surface area contributed by atoms with Gasteiger partial charge in [0.25, 0.3) is 0 Å². The molecule has 0 aliphatic rings. The fourth-order valence-corrected chi connectivity index (χ4v) is 3.55. The number of nitrogen functional groups attached to an aromatic ring is 1. The van der Waals surface area contributed by atoms with Crippen molar-refractivity contribution in [1.82, 2.24) is 9.97 Å². The van der Waals surface area contributed by atoms with Crippen molar-refractivity contribution in [2.24, 2.45) is 0 Å². The van der Waals surface area contributed by atoms with Crippen molar-refractivity contribution < 1.29 is 13.2 Å². The van der Waals surface area contributed by atoms with Crippen LogP contribution < -0.4 is 16.0 Å². The van der Waals surface area contributed by atoms with Crippen molar-refractivity contribution in [3.05, 3.63) is 78.6 Å². The lowest BCUT2D eigenvalue weighted by Crippen LogP contribution is -2.20. The minimum atomic E-state index is -4.51. The number of rotatable bonds is 5. The molecule has 3 aromatic carbocycles. The van der Waals surface area contributed by atoms with Crippen LogP contribution in [0.4, 0.5) is 41.9 Å². The summed E-state index contributed by atoms with van der Waals surface area (Å²) >= 11 is 0. The molecule has 0 aliphatic carbocycles. The number of alkyl halides is 3. The zero-order valence-electron chi connectivity index (χ0n) is 16.7. The number of anilines is 5. The highest BCUT2D eigenvalue weighted by Gasteiger charge is 2.33. The predicted octanol–water partition coefficient (Wildman–Crippen LogP) is 6.13. The molecule has 3 N–H and O–H groups in total. The van der Waals surface area contributed by atoms with Crippen LogP contribution in [-0.2, 0) is 6.18 Å². The minimum absolute atomic E-state index is 0.111. The molecule has 5 nitrogen and oxygen atoms in total. The molecule has 31 heavy (non-hydrogen) atoms. The van der Waals surface area contributed by atoms with Crippen LogP contribution in [0.3, 0.4) is 0 Å². The lowest BCUT2D eigenvalue weighted by molar-refractivity contribution is -0.136. The molecule has 0 atom stereocenters. The Hall–Kier alpha value is -3.81. The number of para-hydroxylation sites is 1. The molecule has 4 aromatic rings. The van der Waals surface area contributed by atoms with Gasteiger partial charge in [-0.05, 0) is 30.5 Å². The van der Waals surface area contributed by atoms with Crippen LogP contribution in [0.1, 0.15) is 12.5 Å². The van der Waals surface area contributed by atoms with Gasteiger partial charge in [-0.1, -0.05) is 48.5 Å². The van der Waals surface area contributed by atoms with Crippen molar-refractivity contribution in [2.45, 2.75) is 13.1 Å². The molecule has 8 heteroatoms. The van der Waals surface area contributed by atoms with E-state index < -0.39 is 11.7 Å². The van der Waals surface area contributed by atoms with Crippen molar-refractivity contribution in [3.63, 3.8) is 0 Å². The Labute approximate surface area is 177 Å². The third kappa shape index (κ3) is 3.96. The van der Waals surface area contributed by atoms with Gasteiger partial charge in [-0.25, -0.2) is 9.97 Å². The molecular formula is C23H20F3N5. The van der Waals surface area contributed by atoms with E-state index in [1.807, 2.05) is 54.3 Å². The van der Waals surface area contributed by atoms with E-state index in [0.29, 0.717) is 12.4 Å². The molecule has 1 aromatic heterocycles. The Balaban J connectivity index is 1.77. The van der Waals surface area contributed by atoms with Gasteiger partial charge in [-0.2, -0.15) is 13.2 Å². The second-order valence-electron chi connectivity index (χ2n) is 6.87. The zero-order chi connectivity index (χ0) is 22.0. The molecule has 158 valence electrons. The maximum atomic E-state index is 13.4. The van der Waals surface area contributed by atoms with E-state index in [1.54, 1.807) is 0 Å². The van der Waals surface area contributed by atoms with E-state index in [4.69, 9.17) is 5.73 Å². The summed E-state index contributed by atoms with van der Waals surface area (Å²) in [6.45, 7) is 2.50. The molecule has 0 saturated carbocycles. The number of nitrogens with zero attached hydrogens (tertiary/aromatic N) is 3. The van der Waals surface area contributed by atoms with Crippen molar-refractivity contribution in [3.8, 4) is 0 Å². The number of fused-ring (bicyclic) bond motifs is 1. The lowest BCUT2D eigenvalue weighted by Gasteiger charge is -2.25. The number of nitrogens with one attached hydrogen (secondary N) is 1. The average molecular weight is 423 g/mol. The normalized spacial score (nSPS) is 11.5. The van der Waals surface area contributed by atoms with Gasteiger partial charge in [0.1, 0.15) is 12.0 Å². The summed E-state index contributed by atoms with van der Waals surface area (Å²) in [4.78, 5) is 10.3. The van der Waals surface area contributed by atoms with Crippen LogP contribution in [0.2, 0.25) is 0 Å². The molecule has 0 bridgehead atoms. The number of hydrogen-bond donors (Lipinski definition) is 2. The first kappa shape index (κ1) is 20.5. The van der Waals surface area contributed by atoms with Crippen molar-refractivity contribution in [2.75, 3.05) is 22.5 Å². The number of benzene rings is 3. The molecule has 1 heterocycles. The van der Waals surface area contributed by atoms with Gasteiger partial charge in [0, 0.05) is 11.9 Å². The lowest BCUT2D eigenvalue weighted by atomic mass is 10.1. The highest BCUT2D eigenvalue weighted by atomic mass is 19.4. The second-order valence-corrected chi connectivity index (χ2v) is 6.87. The van der Waals surface area contributed by atoms with Crippen molar-refractivity contribution >= 4 is 39.5 Å². The monoisotopic (exact) mass is 423 g/mol.